The number of nitrogens with one attached hydrogen (secondary N) is 1. The Morgan fingerprint density at radius 3 is 2.36 bits per heavy atom. The van der Waals surface area contributed by atoms with Gasteiger partial charge in [0.05, 0.1) is 20.8 Å². The third kappa shape index (κ3) is 9.34. The van der Waals surface area contributed by atoms with Crippen molar-refractivity contribution in [3.8, 4) is 0 Å². The molecule has 0 aliphatic heterocycles. The molecule has 0 aliphatic carbocycles. The van der Waals surface area contributed by atoms with E-state index >= 15 is 0 Å². The first kappa shape index (κ1) is 24.0. The van der Waals surface area contributed by atoms with Crippen LogP contribution in [0.15, 0.2) is 15.7 Å². The van der Waals surface area contributed by atoms with Crippen molar-refractivity contribution in [2.24, 2.45) is 17.4 Å². The molecule has 1 rings (SSSR count). The van der Waals surface area contributed by atoms with Crippen molar-refractivity contribution in [1.29, 1.82) is 0 Å². The van der Waals surface area contributed by atoms with Gasteiger partial charge in [-0.05, 0) is 31.2 Å². The van der Waals surface area contributed by atoms with E-state index < -0.39 is 21.7 Å². The fourth-order valence-electron chi connectivity index (χ4n) is 1.53. The summed E-state index contributed by atoms with van der Waals surface area (Å²) in [6, 6.07) is 1.21. The van der Waals surface area contributed by atoms with E-state index in [9.17, 15) is 13.8 Å². The van der Waals surface area contributed by atoms with Gasteiger partial charge in [0.1, 0.15) is 16.1 Å². The lowest BCUT2D eigenvalue weighted by atomic mass is 10.0. The predicted octanol–water partition coefficient (Wildman–Crippen LogP) is 0.776. The van der Waals surface area contributed by atoms with E-state index in [4.69, 9.17) is 28.2 Å². The minimum Gasteiger partial charge on any atom is -0.382 e. The number of rotatable bonds is 7. The number of nitrogens with two attached hydrogens (primary N) is 2. The van der Waals surface area contributed by atoms with Crippen LogP contribution in [0.4, 0.5) is 0 Å². The molecule has 0 fully saturated rings. The summed E-state index contributed by atoms with van der Waals surface area (Å²) < 4.78 is 14.5. The molecule has 3 unspecified atom stereocenters. The second-order valence-electron chi connectivity index (χ2n) is 5.82. The van der Waals surface area contributed by atoms with Crippen molar-refractivity contribution in [2.45, 2.75) is 43.5 Å². The normalized spacial score (nSPS) is 15.5. The van der Waals surface area contributed by atoms with Gasteiger partial charge in [0.15, 0.2) is 0 Å². The highest BCUT2D eigenvalue weighted by molar-refractivity contribution is 8.00. The molecule has 0 bridgehead atoms. The van der Waals surface area contributed by atoms with E-state index in [2.05, 4.69) is 24.4 Å². The number of Topliss-reactive ketones (excluding diaryl/α,β-unsaturated/α-hetero) is 1. The van der Waals surface area contributed by atoms with E-state index in [1.54, 1.807) is 5.38 Å². The topological polar surface area (TPSA) is 136 Å². The fraction of sp³-hybridized carbons (Fsp3) is 0.533. The largest absolute Gasteiger partial charge is 0.382 e. The van der Waals surface area contributed by atoms with Crippen molar-refractivity contribution in [3.63, 3.8) is 0 Å². The van der Waals surface area contributed by atoms with Gasteiger partial charge in [0.2, 0.25) is 0 Å². The number of aliphatic hydroxyl groups is 1. The second-order valence-corrected chi connectivity index (χ2v) is 9.42. The third-order valence-corrected chi connectivity index (χ3v) is 6.37. The monoisotopic (exact) mass is 411 g/mol. The number of aliphatic hydroxyl groups excluding tert-OH is 1. The maximum Gasteiger partial charge on any atom is 0.261 e. The summed E-state index contributed by atoms with van der Waals surface area (Å²) in [5, 5.41) is 11.1. The number of ketones is 1. The van der Waals surface area contributed by atoms with E-state index in [1.165, 1.54) is 13.0 Å². The van der Waals surface area contributed by atoms with Crippen molar-refractivity contribution in [2.75, 3.05) is 6.54 Å². The summed E-state index contributed by atoms with van der Waals surface area (Å²) in [6.45, 7) is 5.41. The Balaban J connectivity index is 0.000000547. The van der Waals surface area contributed by atoms with Gasteiger partial charge in [0.25, 0.3) is 5.91 Å². The number of hydrogen-bond acceptors (Lipinski definition) is 7. The van der Waals surface area contributed by atoms with Crippen LogP contribution >= 0.6 is 22.9 Å². The molecule has 7 nitrogen and oxygen atoms in total. The van der Waals surface area contributed by atoms with Crippen LogP contribution in [0.3, 0.4) is 0 Å². The van der Waals surface area contributed by atoms with E-state index in [0.29, 0.717) is 15.1 Å². The minimum absolute atomic E-state index is 0.0868. The number of thiophene rings is 1. The summed E-state index contributed by atoms with van der Waals surface area (Å²) in [6.07, 6.45) is -0.590. The molecule has 1 amide bonds. The highest BCUT2D eigenvalue weighted by atomic mass is 35.5. The average molecular weight is 412 g/mol. The Labute approximate surface area is 157 Å². The second kappa shape index (κ2) is 10.9. The maximum atomic E-state index is 12.0. The maximum absolute atomic E-state index is 12.0. The first-order valence-corrected chi connectivity index (χ1v) is 10.5. The Morgan fingerprint density at radius 2 is 2.04 bits per heavy atom. The Bertz CT molecular complexity index is 674. The summed E-state index contributed by atoms with van der Waals surface area (Å²) in [5.41, 5.74) is 10.6. The molecule has 0 radical (unpaired) electrons. The molecule has 0 spiro atoms. The molecule has 25 heavy (non-hydrogen) atoms. The molecule has 1 aromatic rings. The Hall–Kier alpha value is -0.970. The first-order chi connectivity index (χ1) is 11.4. The fourth-order valence-corrected chi connectivity index (χ4v) is 4.16. The lowest BCUT2D eigenvalue weighted by Crippen LogP contribution is -2.41. The summed E-state index contributed by atoms with van der Waals surface area (Å²) >= 11 is 6.79. The number of amides is 1. The molecular weight excluding hydrogens is 386 g/mol. The highest BCUT2D eigenvalue weighted by Gasteiger charge is 2.19. The van der Waals surface area contributed by atoms with Crippen LogP contribution in [0.5, 0.6) is 0 Å². The molecular formula is C15H26ClN3O4S2. The summed E-state index contributed by atoms with van der Waals surface area (Å²) in [4.78, 5) is 21.8. The summed E-state index contributed by atoms with van der Waals surface area (Å²) in [7, 11) is -2.97. The van der Waals surface area contributed by atoms with Gasteiger partial charge in [0, 0.05) is 11.9 Å². The molecule has 0 saturated heterocycles. The minimum atomic E-state index is -2.97. The Kier molecular flexibility index (Phi) is 10.5. The molecule has 6 N–H and O–H groups in total. The molecule has 0 aliphatic rings. The Morgan fingerprint density at radius 1 is 1.48 bits per heavy atom. The highest BCUT2D eigenvalue weighted by Crippen LogP contribution is 2.23. The first-order valence-electron chi connectivity index (χ1n) is 7.47. The SMILES string of the molecule is C=S(=O)(NC(=O)C(O)CN)c1cc(Cl)cs1.CC(=O)C(N)CC(C)C. The van der Waals surface area contributed by atoms with Crippen LogP contribution in [0.25, 0.3) is 0 Å². The number of halogens is 1. The molecule has 144 valence electrons. The third-order valence-electron chi connectivity index (χ3n) is 2.91. The van der Waals surface area contributed by atoms with Gasteiger partial charge in [-0.25, -0.2) is 4.21 Å². The van der Waals surface area contributed by atoms with Gasteiger partial charge in [-0.2, -0.15) is 0 Å². The molecule has 3 atom stereocenters. The number of carbonyl (C=O) groups excluding carboxylic acids is 2. The molecule has 0 saturated carbocycles. The van der Waals surface area contributed by atoms with Crippen molar-refractivity contribution >= 4 is 50.2 Å². The van der Waals surface area contributed by atoms with E-state index in [0.717, 1.165) is 17.8 Å². The van der Waals surface area contributed by atoms with Gasteiger partial charge < -0.3 is 16.6 Å². The zero-order valence-electron chi connectivity index (χ0n) is 14.5. The summed E-state index contributed by atoms with van der Waals surface area (Å²) in [5.74, 6) is 3.20. The van der Waals surface area contributed by atoms with E-state index in [-0.39, 0.29) is 18.4 Å². The molecule has 1 heterocycles. The average Bonchev–Trinajstić information content (AvgIpc) is 2.93. The van der Waals surface area contributed by atoms with Gasteiger partial charge >= 0.3 is 0 Å². The lowest BCUT2D eigenvalue weighted by molar-refractivity contribution is -0.126. The number of carbonyl (C=O) groups is 2. The van der Waals surface area contributed by atoms with Gasteiger partial charge in [-0.15, -0.1) is 11.3 Å². The molecule has 10 heteroatoms. The zero-order chi connectivity index (χ0) is 19.8. The quantitative estimate of drug-likeness (QED) is 0.489. The smallest absolute Gasteiger partial charge is 0.261 e. The predicted molar refractivity (Wildman–Crippen MR) is 104 cm³/mol. The number of hydrogen-bond donors (Lipinski definition) is 4. The van der Waals surface area contributed by atoms with Crippen LogP contribution in [-0.4, -0.2) is 45.6 Å². The molecule has 0 aromatic carbocycles. The van der Waals surface area contributed by atoms with Crippen molar-refractivity contribution in [3.05, 3.63) is 16.5 Å². The van der Waals surface area contributed by atoms with Crippen LogP contribution in [0, 0.1) is 5.92 Å². The standard InChI is InChI=1S/C8H11ClN2O3S2.C7H15NO/c1-16(14,7-2-5(9)4-15-7)11-8(13)6(12)3-10;1-5(2)4-7(8)6(3)9/h2,4,6,12H,1,3,10H2,(H,11,13,14);5,7H,4,8H2,1-3H3. The van der Waals surface area contributed by atoms with Crippen molar-refractivity contribution in [1.82, 2.24) is 4.72 Å². The van der Waals surface area contributed by atoms with Crippen LogP contribution in [-0.2, 0) is 19.3 Å². The van der Waals surface area contributed by atoms with E-state index in [1.807, 2.05) is 0 Å². The van der Waals surface area contributed by atoms with Crippen molar-refractivity contribution < 1.29 is 18.9 Å². The van der Waals surface area contributed by atoms with Gasteiger partial charge in [-0.3, -0.25) is 14.3 Å². The van der Waals surface area contributed by atoms with Gasteiger partial charge in [-0.1, -0.05) is 25.4 Å². The molecule has 1 aromatic heterocycles. The van der Waals surface area contributed by atoms with Crippen LogP contribution < -0.4 is 16.2 Å². The lowest BCUT2D eigenvalue weighted by Gasteiger charge is -2.12. The van der Waals surface area contributed by atoms with Crippen LogP contribution in [0.2, 0.25) is 5.02 Å². The van der Waals surface area contributed by atoms with Crippen LogP contribution in [0.1, 0.15) is 27.2 Å². The zero-order valence-corrected chi connectivity index (χ0v) is 16.9.